The zero-order valence-corrected chi connectivity index (χ0v) is 25.7. The number of benzene rings is 2. The van der Waals surface area contributed by atoms with Crippen LogP contribution in [0.5, 0.6) is 0 Å². The molecule has 0 amide bonds. The van der Waals surface area contributed by atoms with Gasteiger partial charge in [0.1, 0.15) is 35.5 Å². The minimum Gasteiger partial charge on any atom is -0.394 e. The Hall–Kier alpha value is -2.73. The van der Waals surface area contributed by atoms with Gasteiger partial charge in [-0.15, -0.1) is 16.9 Å². The zero-order chi connectivity index (χ0) is 33.6. The molecule has 2 fully saturated rings. The van der Waals surface area contributed by atoms with Crippen LogP contribution in [-0.4, -0.2) is 85.6 Å². The standard InChI is InChI=1S/C30H33F6N3O6S/c1-28(2)14-29(42,8-9-44-28)26(16-6-4-5-7-17(16)30(34,35)36)46-27-25(43-3)23(24(41)21(13-40)45-27)39-12-20(37-38-39)15-10-18(31)22(33)19(32)11-15/h4-7,10-12,21,23-27,40-42H,8-9,13-14H2,1-3H3/t21-,23+,24+,25-,26-,27+,29?/m1/s1. The van der Waals surface area contributed by atoms with Gasteiger partial charge in [0.25, 0.3) is 0 Å². The summed E-state index contributed by atoms with van der Waals surface area (Å²) in [4.78, 5) is 0. The number of methoxy groups -OCH3 is 1. The summed E-state index contributed by atoms with van der Waals surface area (Å²) in [5.41, 5.74) is -5.22. The van der Waals surface area contributed by atoms with Gasteiger partial charge in [-0.3, -0.25) is 0 Å². The molecule has 1 unspecified atom stereocenters. The molecule has 0 aliphatic carbocycles. The second kappa shape index (κ2) is 13.1. The van der Waals surface area contributed by atoms with Crippen LogP contribution in [0.3, 0.4) is 0 Å². The lowest BCUT2D eigenvalue weighted by molar-refractivity contribution is -0.187. The molecule has 2 aliphatic heterocycles. The Balaban J connectivity index is 1.56. The number of nitrogens with zero attached hydrogens (tertiary/aromatic N) is 3. The van der Waals surface area contributed by atoms with Gasteiger partial charge in [-0.2, -0.15) is 13.2 Å². The van der Waals surface area contributed by atoms with Crippen LogP contribution in [0.2, 0.25) is 0 Å². The fourth-order valence-electron chi connectivity index (χ4n) is 6.19. The van der Waals surface area contributed by atoms with E-state index >= 15 is 0 Å². The third-order valence-electron chi connectivity index (χ3n) is 8.26. The molecular formula is C30H33F6N3O6S. The molecule has 2 saturated heterocycles. The summed E-state index contributed by atoms with van der Waals surface area (Å²) in [7, 11) is 1.27. The molecule has 2 aliphatic rings. The molecule has 0 bridgehead atoms. The van der Waals surface area contributed by atoms with E-state index in [-0.39, 0.29) is 36.3 Å². The number of halogens is 6. The van der Waals surface area contributed by atoms with E-state index in [0.29, 0.717) is 0 Å². The maximum Gasteiger partial charge on any atom is 0.416 e. The van der Waals surface area contributed by atoms with Crippen molar-refractivity contribution < 1.29 is 55.9 Å². The van der Waals surface area contributed by atoms with Gasteiger partial charge in [-0.1, -0.05) is 23.4 Å². The Morgan fingerprint density at radius 1 is 1.15 bits per heavy atom. The highest BCUT2D eigenvalue weighted by molar-refractivity contribution is 8.00. The molecule has 0 spiro atoms. The van der Waals surface area contributed by atoms with Crippen molar-refractivity contribution >= 4 is 11.8 Å². The Morgan fingerprint density at radius 2 is 1.83 bits per heavy atom. The van der Waals surface area contributed by atoms with Gasteiger partial charge in [-0.05, 0) is 37.6 Å². The lowest BCUT2D eigenvalue weighted by Crippen LogP contribution is -2.56. The molecule has 0 radical (unpaired) electrons. The number of alkyl halides is 3. The molecule has 16 heteroatoms. The number of hydrogen-bond donors (Lipinski definition) is 3. The van der Waals surface area contributed by atoms with E-state index in [1.165, 1.54) is 31.5 Å². The number of aromatic nitrogens is 3. The summed E-state index contributed by atoms with van der Waals surface area (Å²) in [5.74, 6) is -4.58. The average molecular weight is 678 g/mol. The van der Waals surface area contributed by atoms with Crippen LogP contribution in [0.4, 0.5) is 26.3 Å². The molecule has 252 valence electrons. The highest BCUT2D eigenvalue weighted by atomic mass is 32.2. The molecule has 9 nitrogen and oxygen atoms in total. The molecule has 46 heavy (non-hydrogen) atoms. The Morgan fingerprint density at radius 3 is 2.43 bits per heavy atom. The minimum absolute atomic E-state index is 0.00261. The first-order chi connectivity index (χ1) is 21.6. The summed E-state index contributed by atoms with van der Waals surface area (Å²) < 4.78 is 103. The average Bonchev–Trinajstić information content (AvgIpc) is 3.47. The van der Waals surface area contributed by atoms with Crippen LogP contribution < -0.4 is 0 Å². The van der Waals surface area contributed by atoms with Gasteiger partial charge in [0.2, 0.25) is 0 Å². The van der Waals surface area contributed by atoms with Crippen LogP contribution >= 0.6 is 11.8 Å². The van der Waals surface area contributed by atoms with Gasteiger partial charge in [-0.25, -0.2) is 17.9 Å². The Bertz CT molecular complexity index is 1520. The smallest absolute Gasteiger partial charge is 0.394 e. The van der Waals surface area contributed by atoms with E-state index < -0.39 is 82.0 Å². The van der Waals surface area contributed by atoms with Crippen molar-refractivity contribution in [2.24, 2.45) is 0 Å². The lowest BCUT2D eigenvalue weighted by atomic mass is 9.79. The van der Waals surface area contributed by atoms with Crippen molar-refractivity contribution in [2.45, 2.75) is 79.1 Å². The monoisotopic (exact) mass is 677 g/mol. The normalized spacial score (nSPS) is 29.1. The summed E-state index contributed by atoms with van der Waals surface area (Å²) in [6.07, 6.45) is -7.54. The molecule has 3 heterocycles. The first-order valence-corrected chi connectivity index (χ1v) is 15.2. The number of rotatable bonds is 8. The zero-order valence-electron chi connectivity index (χ0n) is 24.9. The van der Waals surface area contributed by atoms with E-state index in [1.807, 2.05) is 0 Å². The van der Waals surface area contributed by atoms with E-state index in [2.05, 4.69) is 10.3 Å². The first-order valence-electron chi connectivity index (χ1n) is 14.3. The van der Waals surface area contributed by atoms with Crippen LogP contribution in [-0.2, 0) is 20.4 Å². The van der Waals surface area contributed by atoms with Crippen molar-refractivity contribution in [3.63, 3.8) is 0 Å². The fraction of sp³-hybridized carbons (Fsp3) is 0.533. The van der Waals surface area contributed by atoms with Crippen molar-refractivity contribution in [1.82, 2.24) is 15.0 Å². The highest BCUT2D eigenvalue weighted by Crippen LogP contribution is 2.53. The topological polar surface area (TPSA) is 119 Å². The largest absolute Gasteiger partial charge is 0.416 e. The number of hydrogen-bond acceptors (Lipinski definition) is 9. The quantitative estimate of drug-likeness (QED) is 0.228. The summed E-state index contributed by atoms with van der Waals surface area (Å²) >= 11 is 0.839. The molecule has 3 N–H and O–H groups in total. The van der Waals surface area contributed by atoms with Crippen molar-refractivity contribution in [1.29, 1.82) is 0 Å². The molecule has 5 rings (SSSR count). The number of ether oxygens (including phenoxy) is 3. The van der Waals surface area contributed by atoms with Crippen LogP contribution in [0, 0.1) is 17.5 Å². The molecule has 0 saturated carbocycles. The molecular weight excluding hydrogens is 644 g/mol. The van der Waals surface area contributed by atoms with E-state index in [1.54, 1.807) is 13.8 Å². The van der Waals surface area contributed by atoms with Gasteiger partial charge in [0, 0.05) is 25.5 Å². The SMILES string of the molecule is CO[C@@H]1[C@@H](n2cc(-c3cc(F)c(F)c(F)c3)nn2)[C@@H](O)[C@@H](CO)O[C@H]1S[C@H](c1ccccc1C(F)(F)F)C1(O)CCOC(C)(C)C1. The van der Waals surface area contributed by atoms with Crippen LogP contribution in [0.25, 0.3) is 11.3 Å². The third kappa shape index (κ3) is 6.79. The maximum atomic E-state index is 14.3. The van der Waals surface area contributed by atoms with Gasteiger partial charge >= 0.3 is 6.18 Å². The summed E-state index contributed by atoms with van der Waals surface area (Å²) in [6, 6.07) is 5.13. The van der Waals surface area contributed by atoms with E-state index in [4.69, 9.17) is 14.2 Å². The molecule has 2 aromatic carbocycles. The predicted octanol–water partition coefficient (Wildman–Crippen LogP) is 4.81. The first kappa shape index (κ1) is 34.6. The maximum absolute atomic E-state index is 14.3. The number of aliphatic hydroxyl groups is 3. The summed E-state index contributed by atoms with van der Waals surface area (Å²) in [5, 5.41) is 40.1. The van der Waals surface area contributed by atoms with Crippen LogP contribution in [0.1, 0.15) is 49.1 Å². The molecule has 1 aromatic heterocycles. The van der Waals surface area contributed by atoms with Crippen molar-refractivity contribution in [3.8, 4) is 11.3 Å². The highest BCUT2D eigenvalue weighted by Gasteiger charge is 2.53. The predicted molar refractivity (Wildman–Crippen MR) is 153 cm³/mol. The van der Waals surface area contributed by atoms with Gasteiger partial charge < -0.3 is 29.5 Å². The van der Waals surface area contributed by atoms with E-state index in [9.17, 15) is 41.7 Å². The number of thioether (sulfide) groups is 1. The molecule has 3 aromatic rings. The summed E-state index contributed by atoms with van der Waals surface area (Å²) in [6.45, 7) is 2.80. The minimum atomic E-state index is -4.76. The lowest BCUT2D eigenvalue weighted by Gasteiger charge is -2.49. The van der Waals surface area contributed by atoms with Crippen molar-refractivity contribution in [3.05, 3.63) is 71.2 Å². The van der Waals surface area contributed by atoms with Crippen LogP contribution in [0.15, 0.2) is 42.6 Å². The van der Waals surface area contributed by atoms with Gasteiger partial charge in [0.15, 0.2) is 17.5 Å². The fourth-order valence-corrected chi connectivity index (χ4v) is 7.90. The van der Waals surface area contributed by atoms with Crippen molar-refractivity contribution in [2.75, 3.05) is 20.3 Å². The molecule has 7 atom stereocenters. The Kier molecular flexibility index (Phi) is 9.82. The third-order valence-corrected chi connectivity index (χ3v) is 9.87. The second-order valence-corrected chi connectivity index (χ2v) is 13.2. The van der Waals surface area contributed by atoms with Gasteiger partial charge in [0.05, 0.1) is 41.4 Å². The second-order valence-electron chi connectivity index (χ2n) is 12.0. The number of aliphatic hydroxyl groups excluding tert-OH is 2. The van der Waals surface area contributed by atoms with E-state index in [0.717, 1.165) is 34.6 Å². The Labute approximate surface area is 264 Å².